The molecule has 5 aromatic rings. The third-order valence-corrected chi connectivity index (χ3v) is 11.4. The number of nitrogens with two attached hydrogens (primary N) is 3. The third kappa shape index (κ3) is 11.1. The number of nitrogens with zero attached hydrogens (tertiary/aromatic N) is 2. The van der Waals surface area contributed by atoms with Crippen molar-refractivity contribution in [1.82, 2.24) is 14.9 Å². The lowest BCUT2D eigenvalue weighted by atomic mass is 10.0. The first-order valence-corrected chi connectivity index (χ1v) is 20.6. The van der Waals surface area contributed by atoms with Gasteiger partial charge < -0.3 is 31.8 Å². The number of benzene rings is 3. The smallest absolute Gasteiger partial charge is 0.254 e. The molecule has 0 unspecified atom stereocenters. The molecule has 2 heterocycles. The molecule has 0 atom stereocenters. The number of hydrogen-bond acceptors (Lipinski definition) is 9. The summed E-state index contributed by atoms with van der Waals surface area (Å²) >= 11 is 1.24. The van der Waals surface area contributed by atoms with Crippen molar-refractivity contribution >= 4 is 39.8 Å². The van der Waals surface area contributed by atoms with Gasteiger partial charge in [0.05, 0.1) is 18.0 Å². The normalized spacial score (nSPS) is 11.3. The van der Waals surface area contributed by atoms with Crippen LogP contribution in [0.15, 0.2) is 78.9 Å². The van der Waals surface area contributed by atoms with Crippen LogP contribution in [-0.2, 0) is 17.8 Å². The zero-order chi connectivity index (χ0) is 39.9. The average Bonchev–Trinajstić information content (AvgIpc) is 3.81. The second kappa shape index (κ2) is 21.5. The van der Waals surface area contributed by atoms with Crippen molar-refractivity contribution in [3.63, 3.8) is 0 Å². The van der Waals surface area contributed by atoms with E-state index in [1.807, 2.05) is 36.4 Å². The number of carbonyl (C=O) groups is 3. The van der Waals surface area contributed by atoms with E-state index in [1.54, 1.807) is 46.8 Å². The monoisotopic (exact) mass is 780 g/mol. The largest absolute Gasteiger partial charge is 0.508 e. The van der Waals surface area contributed by atoms with E-state index in [-0.39, 0.29) is 30.5 Å². The number of nitrogens with one attached hydrogen (secondary N) is 1. The molecular weight excluding hydrogens is 725 g/mol. The molecule has 0 saturated carbocycles. The highest BCUT2D eigenvalue weighted by atomic mass is 32.1. The van der Waals surface area contributed by atoms with Gasteiger partial charge in [-0.25, -0.2) is 5.48 Å². The summed E-state index contributed by atoms with van der Waals surface area (Å²) in [6.45, 7) is 2.83. The van der Waals surface area contributed by atoms with E-state index in [2.05, 4.69) is 10.6 Å². The van der Waals surface area contributed by atoms with Gasteiger partial charge >= 0.3 is 0 Å². The fraction of sp³-hybridized carbons (Fsp3) is 0.386. The first-order valence-electron chi connectivity index (χ1n) is 19.8. The molecule has 0 fully saturated rings. The zero-order valence-corrected chi connectivity index (χ0v) is 33.0. The molecule has 3 aromatic carbocycles. The van der Waals surface area contributed by atoms with Crippen molar-refractivity contribution in [2.45, 2.75) is 83.6 Å². The predicted octanol–water partition coefficient (Wildman–Crippen LogP) is 7.59. The molecule has 0 spiro atoms. The summed E-state index contributed by atoms with van der Waals surface area (Å²) in [7, 11) is 0. The molecule has 12 heteroatoms. The van der Waals surface area contributed by atoms with Gasteiger partial charge in [-0.1, -0.05) is 81.3 Å². The molecule has 0 aliphatic carbocycles. The molecule has 0 bridgehead atoms. The molecule has 56 heavy (non-hydrogen) atoms. The molecule has 0 aliphatic heterocycles. The maximum atomic E-state index is 14.0. The Morgan fingerprint density at radius 1 is 0.714 bits per heavy atom. The molecule has 0 aliphatic rings. The minimum Gasteiger partial charge on any atom is -0.508 e. The summed E-state index contributed by atoms with van der Waals surface area (Å²) in [4.78, 5) is 42.5. The number of hydroxylamine groups is 1. The van der Waals surface area contributed by atoms with Gasteiger partial charge in [0, 0.05) is 45.7 Å². The number of aryl methyl sites for hydroxylation is 1. The van der Waals surface area contributed by atoms with E-state index in [0.29, 0.717) is 51.6 Å². The first kappa shape index (κ1) is 42.3. The number of rotatable bonds is 23. The third-order valence-electron chi connectivity index (χ3n) is 10.2. The molecule has 9 N–H and O–H groups in total. The zero-order valence-electron chi connectivity index (χ0n) is 32.2. The molecule has 5 rings (SSSR count). The van der Waals surface area contributed by atoms with Gasteiger partial charge in [0.1, 0.15) is 5.75 Å². The quantitative estimate of drug-likeness (QED) is 0.0129. The van der Waals surface area contributed by atoms with Crippen molar-refractivity contribution in [3.8, 4) is 27.4 Å². The van der Waals surface area contributed by atoms with Crippen LogP contribution in [0.2, 0.25) is 0 Å². The van der Waals surface area contributed by atoms with Gasteiger partial charge in [-0.3, -0.25) is 19.6 Å². The SMILES string of the molecule is NCCCCCCCCCCCN(CN)C(=O)c1ccc(-c2cc3ccc(C(=O)c4cc(CC(=O)NO)c(-c5cccc(O)c5)s4)cc3n2CCCCN)cc1. The van der Waals surface area contributed by atoms with Crippen LogP contribution in [0.5, 0.6) is 5.75 Å². The fourth-order valence-electron chi connectivity index (χ4n) is 7.13. The Labute approximate surface area is 333 Å². The Hall–Kier alpha value is -4.85. The van der Waals surface area contributed by atoms with E-state index in [9.17, 15) is 24.7 Å². The van der Waals surface area contributed by atoms with Gasteiger partial charge in [-0.05, 0) is 97.9 Å². The minimum absolute atomic E-state index is 0.0638. The topological polar surface area (TPSA) is 190 Å². The summed E-state index contributed by atoms with van der Waals surface area (Å²) in [5.41, 5.74) is 24.3. The number of phenols is 1. The van der Waals surface area contributed by atoms with E-state index in [4.69, 9.17) is 17.2 Å². The Kier molecular flexibility index (Phi) is 16.2. The van der Waals surface area contributed by atoms with Crippen molar-refractivity contribution in [2.75, 3.05) is 26.3 Å². The number of aromatic nitrogens is 1. The minimum atomic E-state index is -0.608. The van der Waals surface area contributed by atoms with Gasteiger partial charge in [0.25, 0.3) is 5.91 Å². The number of phenolic OH excluding ortho intramolecular Hbond substituents is 1. The number of fused-ring (bicyclic) bond motifs is 1. The summed E-state index contributed by atoms with van der Waals surface area (Å²) in [5, 5.41) is 20.3. The summed E-state index contributed by atoms with van der Waals surface area (Å²) in [6.07, 6.45) is 12.0. The first-order chi connectivity index (χ1) is 27.3. The Morgan fingerprint density at radius 2 is 1.38 bits per heavy atom. The van der Waals surface area contributed by atoms with E-state index < -0.39 is 5.91 Å². The van der Waals surface area contributed by atoms with Gasteiger partial charge in [0.15, 0.2) is 0 Å². The maximum absolute atomic E-state index is 14.0. The van der Waals surface area contributed by atoms with Crippen LogP contribution in [0.1, 0.15) is 102 Å². The Balaban J connectivity index is 1.33. The lowest BCUT2D eigenvalue weighted by Gasteiger charge is -2.21. The number of aromatic hydroxyl groups is 1. The van der Waals surface area contributed by atoms with Gasteiger partial charge in [-0.2, -0.15) is 0 Å². The molecule has 0 radical (unpaired) electrons. The van der Waals surface area contributed by atoms with Crippen LogP contribution in [-0.4, -0.2) is 63.7 Å². The lowest BCUT2D eigenvalue weighted by Crippen LogP contribution is -2.36. The molecule has 298 valence electrons. The highest BCUT2D eigenvalue weighted by Gasteiger charge is 2.21. The van der Waals surface area contributed by atoms with Crippen molar-refractivity contribution in [3.05, 3.63) is 100 Å². The highest BCUT2D eigenvalue weighted by molar-refractivity contribution is 7.17. The van der Waals surface area contributed by atoms with E-state index >= 15 is 0 Å². The number of ketones is 1. The molecule has 0 saturated heterocycles. The number of carbonyl (C=O) groups excluding carboxylic acids is 3. The fourth-order valence-corrected chi connectivity index (χ4v) is 8.27. The summed E-state index contributed by atoms with van der Waals surface area (Å²) in [5.74, 6) is -0.824. The molecule has 2 aromatic heterocycles. The maximum Gasteiger partial charge on any atom is 0.254 e. The van der Waals surface area contributed by atoms with E-state index in [0.717, 1.165) is 67.2 Å². The summed E-state index contributed by atoms with van der Waals surface area (Å²) in [6, 6.07) is 23.7. The number of hydrogen-bond donors (Lipinski definition) is 6. The molecular formula is C44H56N6O5S. The van der Waals surface area contributed by atoms with Crippen LogP contribution in [0.4, 0.5) is 0 Å². The average molecular weight is 781 g/mol. The second-order valence-corrected chi connectivity index (χ2v) is 15.4. The van der Waals surface area contributed by atoms with Crippen LogP contribution in [0.25, 0.3) is 32.6 Å². The van der Waals surface area contributed by atoms with Crippen LogP contribution >= 0.6 is 11.3 Å². The number of thiophene rings is 1. The van der Waals surface area contributed by atoms with Gasteiger partial charge in [0.2, 0.25) is 11.7 Å². The van der Waals surface area contributed by atoms with Crippen molar-refractivity contribution in [1.29, 1.82) is 0 Å². The van der Waals surface area contributed by atoms with Crippen LogP contribution in [0.3, 0.4) is 0 Å². The Bertz CT molecular complexity index is 2060. The lowest BCUT2D eigenvalue weighted by molar-refractivity contribution is -0.128. The Morgan fingerprint density at radius 3 is 2.04 bits per heavy atom. The number of amides is 2. The van der Waals surface area contributed by atoms with Gasteiger partial charge in [-0.15, -0.1) is 11.3 Å². The standard InChI is InChI=1S/C44H56N6O5S/c45-21-8-6-4-2-1-3-5-7-10-23-49(30-47)44(54)32-17-15-31(16-18-32)38-26-33-19-20-34(27-39(33)50(38)24-11-9-22-46)42(53)40-28-36(29-41(52)48-55)43(56-40)35-13-12-14-37(51)25-35/h12-20,25-28,51,55H,1-11,21-24,29-30,45-47H2,(H,48,52). The van der Waals surface area contributed by atoms with Crippen LogP contribution in [0, 0.1) is 0 Å². The highest BCUT2D eigenvalue weighted by Crippen LogP contribution is 2.37. The van der Waals surface area contributed by atoms with Crippen LogP contribution < -0.4 is 22.7 Å². The summed E-state index contributed by atoms with van der Waals surface area (Å²) < 4.78 is 2.20. The number of unbranched alkanes of at least 4 members (excludes halogenated alkanes) is 9. The van der Waals surface area contributed by atoms with Crippen molar-refractivity contribution < 1.29 is 24.7 Å². The van der Waals surface area contributed by atoms with E-state index in [1.165, 1.54) is 43.4 Å². The molecule has 11 nitrogen and oxygen atoms in total. The second-order valence-electron chi connectivity index (χ2n) is 14.3. The predicted molar refractivity (Wildman–Crippen MR) is 225 cm³/mol. The van der Waals surface area contributed by atoms with Crippen molar-refractivity contribution in [2.24, 2.45) is 17.2 Å². The molecule has 2 amide bonds.